The number of aryl methyl sites for hydroxylation is 1. The number of hydrogen-bond donors (Lipinski definition) is 2. The summed E-state index contributed by atoms with van der Waals surface area (Å²) in [6, 6.07) is 1.59. The maximum Gasteiger partial charge on any atom is 0.323 e. The maximum absolute atomic E-state index is 12.0. The number of nitrogens with one attached hydrogen (secondary N) is 1. The average Bonchev–Trinajstić information content (AvgIpc) is 2.82. The number of carboxylic acid groups (broad SMARTS) is 1. The largest absolute Gasteiger partial charge is 0.480 e. The molecule has 2 N–H and O–H groups in total. The van der Waals surface area contributed by atoms with Crippen LogP contribution < -0.4 is 5.32 Å². The summed E-state index contributed by atoms with van der Waals surface area (Å²) in [5.74, 6) is -0.454. The van der Waals surface area contributed by atoms with Gasteiger partial charge in [0.15, 0.2) is 5.82 Å². The van der Waals surface area contributed by atoms with Gasteiger partial charge in [-0.15, -0.1) is 11.8 Å². The fourth-order valence-corrected chi connectivity index (χ4v) is 2.50. The summed E-state index contributed by atoms with van der Waals surface area (Å²) in [6.45, 7) is 5.56. The number of aliphatic carboxylic acids is 1. The molecule has 0 atom stereocenters. The molecule has 23 heavy (non-hydrogen) atoms. The summed E-state index contributed by atoms with van der Waals surface area (Å²) < 4.78 is 4.83. The third-order valence-electron chi connectivity index (χ3n) is 2.62. The number of aromatic nitrogens is 1. The molecular weight excluding hydrogens is 322 g/mol. The SMILES string of the molecule is Cc1cc(NC(=O)CSCC(=O)N(CC(=O)O)CC(C)C)no1. The van der Waals surface area contributed by atoms with E-state index >= 15 is 0 Å². The van der Waals surface area contributed by atoms with Gasteiger partial charge in [-0.2, -0.15) is 0 Å². The second-order valence-electron chi connectivity index (χ2n) is 5.43. The molecule has 1 heterocycles. The van der Waals surface area contributed by atoms with Crippen molar-refractivity contribution in [1.82, 2.24) is 10.1 Å². The van der Waals surface area contributed by atoms with E-state index in [0.29, 0.717) is 18.1 Å². The van der Waals surface area contributed by atoms with Crippen molar-refractivity contribution in [2.24, 2.45) is 5.92 Å². The molecule has 0 aliphatic rings. The highest BCUT2D eigenvalue weighted by Crippen LogP contribution is 2.09. The first-order valence-corrected chi connectivity index (χ1v) is 8.24. The molecule has 2 amide bonds. The number of carboxylic acids is 1. The van der Waals surface area contributed by atoms with Crippen molar-refractivity contribution in [3.8, 4) is 0 Å². The van der Waals surface area contributed by atoms with Gasteiger partial charge in [0.1, 0.15) is 12.3 Å². The highest BCUT2D eigenvalue weighted by molar-refractivity contribution is 8.00. The Labute approximate surface area is 138 Å². The summed E-state index contributed by atoms with van der Waals surface area (Å²) >= 11 is 1.12. The molecule has 128 valence electrons. The van der Waals surface area contributed by atoms with Gasteiger partial charge in [0.05, 0.1) is 11.5 Å². The smallest absolute Gasteiger partial charge is 0.323 e. The second kappa shape index (κ2) is 9.19. The monoisotopic (exact) mass is 343 g/mol. The van der Waals surface area contributed by atoms with Crippen molar-refractivity contribution in [1.29, 1.82) is 0 Å². The predicted octanol–water partition coefficient (Wildman–Crippen LogP) is 1.22. The summed E-state index contributed by atoms with van der Waals surface area (Å²) in [6.07, 6.45) is 0. The van der Waals surface area contributed by atoms with Gasteiger partial charge in [-0.3, -0.25) is 14.4 Å². The molecule has 1 aromatic rings. The van der Waals surface area contributed by atoms with E-state index in [2.05, 4.69) is 10.5 Å². The number of anilines is 1. The average molecular weight is 343 g/mol. The first-order valence-electron chi connectivity index (χ1n) is 7.08. The summed E-state index contributed by atoms with van der Waals surface area (Å²) in [5.41, 5.74) is 0. The number of carbonyl (C=O) groups excluding carboxylic acids is 2. The first kappa shape index (κ1) is 19.0. The van der Waals surface area contributed by atoms with Crippen LogP contribution in [0, 0.1) is 12.8 Å². The summed E-state index contributed by atoms with van der Waals surface area (Å²) in [7, 11) is 0. The molecule has 0 fully saturated rings. The van der Waals surface area contributed by atoms with Gasteiger partial charge in [0, 0.05) is 12.6 Å². The molecule has 0 unspecified atom stereocenters. The second-order valence-corrected chi connectivity index (χ2v) is 6.41. The standard InChI is InChI=1S/C14H21N3O5S/c1-9(2)5-17(6-14(20)21)13(19)8-23-7-12(18)15-11-4-10(3)22-16-11/h4,9H,5-8H2,1-3H3,(H,20,21)(H,15,16,18). The molecule has 0 radical (unpaired) electrons. The highest BCUT2D eigenvalue weighted by Gasteiger charge is 2.18. The van der Waals surface area contributed by atoms with Gasteiger partial charge < -0.3 is 19.8 Å². The zero-order valence-corrected chi connectivity index (χ0v) is 14.2. The van der Waals surface area contributed by atoms with Crippen molar-refractivity contribution in [3.05, 3.63) is 11.8 Å². The Morgan fingerprint density at radius 2 is 2.09 bits per heavy atom. The van der Waals surface area contributed by atoms with E-state index in [1.165, 1.54) is 4.90 Å². The molecule has 0 aliphatic heterocycles. The molecular formula is C14H21N3O5S. The topological polar surface area (TPSA) is 113 Å². The number of thioether (sulfide) groups is 1. The highest BCUT2D eigenvalue weighted by atomic mass is 32.2. The normalized spacial score (nSPS) is 10.6. The van der Waals surface area contributed by atoms with Crippen LogP contribution in [0.25, 0.3) is 0 Å². The summed E-state index contributed by atoms with van der Waals surface area (Å²) in [5, 5.41) is 15.0. The molecule has 1 rings (SSSR count). The van der Waals surface area contributed by atoms with Crippen molar-refractivity contribution in [2.75, 3.05) is 29.9 Å². The number of hydrogen-bond acceptors (Lipinski definition) is 6. The van der Waals surface area contributed by atoms with Crippen LogP contribution in [-0.2, 0) is 14.4 Å². The minimum Gasteiger partial charge on any atom is -0.480 e. The van der Waals surface area contributed by atoms with Crippen LogP contribution in [-0.4, -0.2) is 57.5 Å². The number of rotatable bonds is 9. The Balaban J connectivity index is 2.38. The third-order valence-corrected chi connectivity index (χ3v) is 3.54. The van der Waals surface area contributed by atoms with Crippen LogP contribution in [0.5, 0.6) is 0 Å². The lowest BCUT2D eigenvalue weighted by Crippen LogP contribution is -2.39. The Morgan fingerprint density at radius 1 is 1.39 bits per heavy atom. The van der Waals surface area contributed by atoms with E-state index in [1.807, 2.05) is 13.8 Å². The lowest BCUT2D eigenvalue weighted by molar-refractivity contribution is -0.143. The van der Waals surface area contributed by atoms with Crippen LogP contribution >= 0.6 is 11.8 Å². The molecule has 0 spiro atoms. The number of carbonyl (C=O) groups is 3. The van der Waals surface area contributed by atoms with E-state index in [9.17, 15) is 14.4 Å². The lowest BCUT2D eigenvalue weighted by Gasteiger charge is -2.22. The number of amides is 2. The first-order chi connectivity index (χ1) is 10.8. The van der Waals surface area contributed by atoms with E-state index in [1.54, 1.807) is 13.0 Å². The van der Waals surface area contributed by atoms with E-state index in [0.717, 1.165) is 11.8 Å². The van der Waals surface area contributed by atoms with E-state index in [-0.39, 0.29) is 35.8 Å². The van der Waals surface area contributed by atoms with Crippen molar-refractivity contribution in [2.45, 2.75) is 20.8 Å². The molecule has 0 aliphatic carbocycles. The van der Waals surface area contributed by atoms with E-state index < -0.39 is 5.97 Å². The third kappa shape index (κ3) is 7.68. The Hall–Kier alpha value is -2.03. The van der Waals surface area contributed by atoms with Crippen molar-refractivity contribution >= 4 is 35.4 Å². The minimum absolute atomic E-state index is 0.0469. The Morgan fingerprint density at radius 3 is 2.61 bits per heavy atom. The molecule has 0 aromatic carbocycles. The molecule has 9 heteroatoms. The predicted molar refractivity (Wildman–Crippen MR) is 86.2 cm³/mol. The van der Waals surface area contributed by atoms with Gasteiger partial charge >= 0.3 is 5.97 Å². The van der Waals surface area contributed by atoms with Gasteiger partial charge in [-0.05, 0) is 12.8 Å². The zero-order chi connectivity index (χ0) is 17.4. The van der Waals surface area contributed by atoms with Crippen LogP contribution in [0.15, 0.2) is 10.6 Å². The van der Waals surface area contributed by atoms with Crippen LogP contribution in [0.3, 0.4) is 0 Å². The quantitative estimate of drug-likeness (QED) is 0.693. The van der Waals surface area contributed by atoms with Crippen molar-refractivity contribution in [3.63, 3.8) is 0 Å². The fraction of sp³-hybridized carbons (Fsp3) is 0.571. The number of nitrogens with zero attached hydrogens (tertiary/aromatic N) is 2. The zero-order valence-electron chi connectivity index (χ0n) is 13.4. The lowest BCUT2D eigenvalue weighted by atomic mass is 10.2. The van der Waals surface area contributed by atoms with Crippen LogP contribution in [0.2, 0.25) is 0 Å². The van der Waals surface area contributed by atoms with Gasteiger partial charge in [0.2, 0.25) is 11.8 Å². The Bertz CT molecular complexity index is 558. The van der Waals surface area contributed by atoms with E-state index in [4.69, 9.17) is 9.63 Å². The summed E-state index contributed by atoms with van der Waals surface area (Å²) in [4.78, 5) is 35.8. The molecule has 0 bridgehead atoms. The maximum atomic E-state index is 12.0. The molecule has 1 aromatic heterocycles. The van der Waals surface area contributed by atoms with Crippen LogP contribution in [0.4, 0.5) is 5.82 Å². The fourth-order valence-electron chi connectivity index (χ4n) is 1.79. The van der Waals surface area contributed by atoms with Gasteiger partial charge in [-0.25, -0.2) is 0 Å². The Kier molecular flexibility index (Phi) is 7.60. The van der Waals surface area contributed by atoms with Gasteiger partial charge in [-0.1, -0.05) is 19.0 Å². The van der Waals surface area contributed by atoms with Crippen LogP contribution in [0.1, 0.15) is 19.6 Å². The molecule has 0 saturated carbocycles. The van der Waals surface area contributed by atoms with Crippen molar-refractivity contribution < 1.29 is 24.0 Å². The minimum atomic E-state index is -1.05. The molecule has 8 nitrogen and oxygen atoms in total. The molecule has 0 saturated heterocycles. The van der Waals surface area contributed by atoms with Gasteiger partial charge in [0.25, 0.3) is 0 Å².